The molecule has 0 aromatic heterocycles. The van der Waals surface area contributed by atoms with Crippen molar-refractivity contribution in [2.45, 2.75) is 64.0 Å². The molecule has 1 aliphatic heterocycles. The van der Waals surface area contributed by atoms with Crippen molar-refractivity contribution < 1.29 is 5.11 Å². The second kappa shape index (κ2) is 4.87. The van der Waals surface area contributed by atoms with E-state index in [1.165, 1.54) is 38.8 Å². The number of nitrogens with two attached hydrogens (primary N) is 1. The highest BCUT2D eigenvalue weighted by Crippen LogP contribution is 2.35. The van der Waals surface area contributed by atoms with Crippen molar-refractivity contribution in [2.75, 3.05) is 19.7 Å². The highest BCUT2D eigenvalue weighted by molar-refractivity contribution is 4.95. The molecule has 1 aliphatic carbocycles. The molecule has 2 rings (SSSR count). The van der Waals surface area contributed by atoms with Crippen LogP contribution in [0.1, 0.15) is 52.4 Å². The zero-order valence-corrected chi connectivity index (χ0v) is 11.4. The quantitative estimate of drug-likeness (QED) is 0.773. The molecular weight excluding hydrogens is 212 g/mol. The average Bonchev–Trinajstić information content (AvgIpc) is 2.29. The highest BCUT2D eigenvalue weighted by Gasteiger charge is 2.37. The van der Waals surface area contributed by atoms with Gasteiger partial charge >= 0.3 is 0 Å². The number of rotatable bonds is 2. The summed E-state index contributed by atoms with van der Waals surface area (Å²) in [5.41, 5.74) is 6.44. The van der Waals surface area contributed by atoms with Crippen LogP contribution < -0.4 is 5.73 Å². The number of likely N-dealkylation sites (tertiary alicyclic amines) is 1. The lowest BCUT2D eigenvalue weighted by molar-refractivity contribution is 0.0429. The van der Waals surface area contributed by atoms with Crippen molar-refractivity contribution in [3.63, 3.8) is 0 Å². The highest BCUT2D eigenvalue weighted by atomic mass is 16.3. The summed E-state index contributed by atoms with van der Waals surface area (Å²) in [7, 11) is 0. The van der Waals surface area contributed by atoms with Crippen molar-refractivity contribution in [1.29, 1.82) is 0 Å². The molecule has 1 saturated carbocycles. The third kappa shape index (κ3) is 3.21. The van der Waals surface area contributed by atoms with Gasteiger partial charge < -0.3 is 15.7 Å². The molecule has 3 nitrogen and oxygen atoms in total. The van der Waals surface area contributed by atoms with Crippen molar-refractivity contribution >= 4 is 0 Å². The van der Waals surface area contributed by atoms with Crippen LogP contribution in [-0.2, 0) is 0 Å². The number of aliphatic hydroxyl groups excluding tert-OH is 1. The fourth-order valence-electron chi connectivity index (χ4n) is 3.31. The van der Waals surface area contributed by atoms with Crippen molar-refractivity contribution in [3.05, 3.63) is 0 Å². The standard InChI is InChI=1S/C14H28N2O/c1-13(2)6-8-16(9-7-13)12-4-3-5-14(15,10-12)11-17/h12,17H,3-11,15H2,1-2H3. The summed E-state index contributed by atoms with van der Waals surface area (Å²) in [6, 6.07) is 0.608. The van der Waals surface area contributed by atoms with Gasteiger partial charge in [0.2, 0.25) is 0 Å². The van der Waals surface area contributed by atoms with Crippen LogP contribution in [0.2, 0.25) is 0 Å². The maximum absolute atomic E-state index is 9.41. The van der Waals surface area contributed by atoms with Gasteiger partial charge in [0, 0.05) is 11.6 Å². The van der Waals surface area contributed by atoms with Gasteiger partial charge in [0.25, 0.3) is 0 Å². The molecule has 3 heteroatoms. The van der Waals surface area contributed by atoms with Crippen molar-refractivity contribution in [2.24, 2.45) is 11.1 Å². The van der Waals surface area contributed by atoms with E-state index in [2.05, 4.69) is 18.7 Å². The average molecular weight is 240 g/mol. The summed E-state index contributed by atoms with van der Waals surface area (Å²) in [6.07, 6.45) is 6.98. The van der Waals surface area contributed by atoms with E-state index in [1.54, 1.807) is 0 Å². The lowest BCUT2D eigenvalue weighted by Gasteiger charge is -2.46. The maximum Gasteiger partial charge on any atom is 0.0611 e. The summed E-state index contributed by atoms with van der Waals surface area (Å²) < 4.78 is 0. The van der Waals surface area contributed by atoms with Crippen LogP contribution in [0.15, 0.2) is 0 Å². The molecule has 17 heavy (non-hydrogen) atoms. The predicted molar refractivity (Wildman–Crippen MR) is 70.8 cm³/mol. The fourth-order valence-corrected chi connectivity index (χ4v) is 3.31. The Hall–Kier alpha value is -0.120. The second-order valence-corrected chi connectivity index (χ2v) is 6.97. The normalized spacial score (nSPS) is 39.2. The first kappa shape index (κ1) is 13.3. The summed E-state index contributed by atoms with van der Waals surface area (Å²) in [5, 5.41) is 9.41. The Morgan fingerprint density at radius 3 is 2.47 bits per heavy atom. The number of hydrogen-bond donors (Lipinski definition) is 2. The number of aliphatic hydroxyl groups is 1. The molecule has 0 spiro atoms. The lowest BCUT2D eigenvalue weighted by Crippen LogP contribution is -2.54. The SMILES string of the molecule is CC1(C)CCN(C2CCCC(N)(CO)C2)CC1. The monoisotopic (exact) mass is 240 g/mol. The van der Waals surface area contributed by atoms with Gasteiger partial charge in [-0.1, -0.05) is 13.8 Å². The number of hydrogen-bond acceptors (Lipinski definition) is 3. The van der Waals surface area contributed by atoms with Crippen LogP contribution in [0, 0.1) is 5.41 Å². The predicted octanol–water partition coefficient (Wildman–Crippen LogP) is 1.74. The lowest BCUT2D eigenvalue weighted by atomic mass is 9.77. The summed E-state index contributed by atoms with van der Waals surface area (Å²) >= 11 is 0. The summed E-state index contributed by atoms with van der Waals surface area (Å²) in [5.74, 6) is 0. The fraction of sp³-hybridized carbons (Fsp3) is 1.00. The molecule has 0 aromatic carbocycles. The van der Waals surface area contributed by atoms with E-state index < -0.39 is 0 Å². The third-order valence-corrected chi connectivity index (χ3v) is 4.84. The second-order valence-electron chi connectivity index (χ2n) is 6.97. The first-order valence-corrected chi connectivity index (χ1v) is 7.08. The Morgan fingerprint density at radius 2 is 1.88 bits per heavy atom. The zero-order valence-electron chi connectivity index (χ0n) is 11.4. The van der Waals surface area contributed by atoms with Gasteiger partial charge in [0.1, 0.15) is 0 Å². The minimum Gasteiger partial charge on any atom is -0.394 e. The number of piperidine rings is 1. The van der Waals surface area contributed by atoms with E-state index in [0.717, 1.165) is 12.8 Å². The molecule has 2 fully saturated rings. The molecule has 3 N–H and O–H groups in total. The van der Waals surface area contributed by atoms with Gasteiger partial charge in [-0.05, 0) is 57.0 Å². The Morgan fingerprint density at radius 1 is 1.24 bits per heavy atom. The van der Waals surface area contributed by atoms with Crippen LogP contribution in [0.3, 0.4) is 0 Å². The van der Waals surface area contributed by atoms with Gasteiger partial charge in [-0.2, -0.15) is 0 Å². The van der Waals surface area contributed by atoms with E-state index in [1.807, 2.05) is 0 Å². The largest absolute Gasteiger partial charge is 0.394 e. The van der Waals surface area contributed by atoms with E-state index in [4.69, 9.17) is 5.73 Å². The van der Waals surface area contributed by atoms with Crippen LogP contribution >= 0.6 is 0 Å². The van der Waals surface area contributed by atoms with Gasteiger partial charge in [0.15, 0.2) is 0 Å². The molecule has 1 heterocycles. The molecule has 0 amide bonds. The molecule has 2 atom stereocenters. The molecular formula is C14H28N2O. The molecule has 2 aliphatic rings. The molecule has 0 radical (unpaired) electrons. The van der Waals surface area contributed by atoms with Crippen LogP contribution in [0.25, 0.3) is 0 Å². The Balaban J connectivity index is 1.90. The van der Waals surface area contributed by atoms with E-state index in [-0.39, 0.29) is 12.1 Å². The van der Waals surface area contributed by atoms with Crippen LogP contribution in [-0.4, -0.2) is 41.3 Å². The molecule has 1 saturated heterocycles. The Bertz CT molecular complexity index is 257. The first-order valence-electron chi connectivity index (χ1n) is 7.08. The van der Waals surface area contributed by atoms with Crippen molar-refractivity contribution in [1.82, 2.24) is 4.90 Å². The first-order chi connectivity index (χ1) is 7.94. The Labute approximate surface area is 105 Å². The van der Waals surface area contributed by atoms with Crippen LogP contribution in [0.4, 0.5) is 0 Å². The molecule has 100 valence electrons. The summed E-state index contributed by atoms with van der Waals surface area (Å²) in [4.78, 5) is 2.61. The van der Waals surface area contributed by atoms with Crippen molar-refractivity contribution in [3.8, 4) is 0 Å². The smallest absolute Gasteiger partial charge is 0.0611 e. The van der Waals surface area contributed by atoms with Gasteiger partial charge in [-0.15, -0.1) is 0 Å². The van der Waals surface area contributed by atoms with E-state index >= 15 is 0 Å². The topological polar surface area (TPSA) is 49.5 Å². The van der Waals surface area contributed by atoms with Gasteiger partial charge in [-0.25, -0.2) is 0 Å². The molecule has 2 unspecified atom stereocenters. The van der Waals surface area contributed by atoms with E-state index in [9.17, 15) is 5.11 Å². The molecule has 0 bridgehead atoms. The van der Waals surface area contributed by atoms with Crippen LogP contribution in [0.5, 0.6) is 0 Å². The molecule has 0 aromatic rings. The van der Waals surface area contributed by atoms with Gasteiger partial charge in [0.05, 0.1) is 6.61 Å². The zero-order chi connectivity index (χ0) is 12.5. The van der Waals surface area contributed by atoms with Gasteiger partial charge in [-0.3, -0.25) is 0 Å². The van der Waals surface area contributed by atoms with E-state index in [0.29, 0.717) is 11.5 Å². The maximum atomic E-state index is 9.41. The minimum atomic E-state index is -0.310. The minimum absolute atomic E-state index is 0.142. The third-order valence-electron chi connectivity index (χ3n) is 4.84. The Kier molecular flexibility index (Phi) is 3.81. The summed E-state index contributed by atoms with van der Waals surface area (Å²) in [6.45, 7) is 7.29. The number of nitrogens with zero attached hydrogens (tertiary/aromatic N) is 1.